The van der Waals surface area contributed by atoms with Crippen molar-refractivity contribution >= 4 is 17.2 Å². The van der Waals surface area contributed by atoms with Gasteiger partial charge in [-0.3, -0.25) is 4.79 Å². The Morgan fingerprint density at radius 3 is 2.59 bits per heavy atom. The van der Waals surface area contributed by atoms with Crippen molar-refractivity contribution < 1.29 is 14.3 Å². The average molecular weight is 411 g/mol. The summed E-state index contributed by atoms with van der Waals surface area (Å²) in [5.41, 5.74) is 3.00. The number of ether oxygens (including phenoxy) is 2. The van der Waals surface area contributed by atoms with E-state index in [9.17, 15) is 4.79 Å². The van der Waals surface area contributed by atoms with Crippen LogP contribution < -0.4 is 14.8 Å². The number of benzene rings is 2. The van der Waals surface area contributed by atoms with Crippen molar-refractivity contribution in [1.29, 1.82) is 0 Å². The average Bonchev–Trinajstić information content (AvgIpc) is 3.20. The lowest BCUT2D eigenvalue weighted by atomic mass is 10.1. The first kappa shape index (κ1) is 20.9. The summed E-state index contributed by atoms with van der Waals surface area (Å²) in [5.74, 6) is 1.33. The SMILES string of the molecule is COc1ccc(-c2nc(CC(=O)NC(C)CCc3ccccc3)cs2)cc1OC. The van der Waals surface area contributed by atoms with E-state index < -0.39 is 0 Å². The fraction of sp³-hybridized carbons (Fsp3) is 0.304. The molecule has 5 nitrogen and oxygen atoms in total. The van der Waals surface area contributed by atoms with Crippen molar-refractivity contribution in [2.75, 3.05) is 14.2 Å². The molecule has 0 spiro atoms. The number of aryl methyl sites for hydroxylation is 1. The molecule has 0 aliphatic carbocycles. The van der Waals surface area contributed by atoms with Crippen LogP contribution in [0.1, 0.15) is 24.6 Å². The maximum Gasteiger partial charge on any atom is 0.226 e. The first-order valence-electron chi connectivity index (χ1n) is 9.59. The normalized spacial score (nSPS) is 11.7. The van der Waals surface area contributed by atoms with Crippen molar-refractivity contribution in [3.8, 4) is 22.1 Å². The van der Waals surface area contributed by atoms with Crippen LogP contribution in [0.3, 0.4) is 0 Å². The molecule has 1 N–H and O–H groups in total. The maximum absolute atomic E-state index is 12.4. The summed E-state index contributed by atoms with van der Waals surface area (Å²) >= 11 is 1.52. The van der Waals surface area contributed by atoms with Gasteiger partial charge in [-0.05, 0) is 43.5 Å². The Bertz CT molecular complexity index is 940. The summed E-state index contributed by atoms with van der Waals surface area (Å²) in [6, 6.07) is 16.1. The van der Waals surface area contributed by atoms with Crippen molar-refractivity contribution in [2.45, 2.75) is 32.2 Å². The molecule has 1 heterocycles. The van der Waals surface area contributed by atoms with E-state index in [1.54, 1.807) is 14.2 Å². The topological polar surface area (TPSA) is 60.5 Å². The molecular weight excluding hydrogens is 384 g/mol. The van der Waals surface area contributed by atoms with Crippen LogP contribution >= 0.6 is 11.3 Å². The van der Waals surface area contributed by atoms with Gasteiger partial charge in [0.25, 0.3) is 0 Å². The van der Waals surface area contributed by atoms with Crippen LogP contribution in [0.25, 0.3) is 10.6 Å². The molecule has 1 unspecified atom stereocenters. The molecule has 3 aromatic rings. The highest BCUT2D eigenvalue weighted by molar-refractivity contribution is 7.13. The van der Waals surface area contributed by atoms with Crippen LogP contribution in [0.2, 0.25) is 0 Å². The Hall–Kier alpha value is -2.86. The summed E-state index contributed by atoms with van der Waals surface area (Å²) in [5, 5.41) is 5.85. The van der Waals surface area contributed by atoms with E-state index in [1.165, 1.54) is 16.9 Å². The summed E-state index contributed by atoms with van der Waals surface area (Å²) in [6.07, 6.45) is 2.13. The Morgan fingerprint density at radius 1 is 1.10 bits per heavy atom. The van der Waals surface area contributed by atoms with Crippen LogP contribution in [0, 0.1) is 0 Å². The number of rotatable bonds is 9. The summed E-state index contributed by atoms with van der Waals surface area (Å²) in [7, 11) is 3.22. The molecule has 0 saturated heterocycles. The lowest BCUT2D eigenvalue weighted by Gasteiger charge is -2.13. The Kier molecular flexibility index (Phi) is 7.25. The minimum atomic E-state index is -0.00489. The fourth-order valence-corrected chi connectivity index (χ4v) is 3.90. The van der Waals surface area contributed by atoms with E-state index in [0.29, 0.717) is 11.5 Å². The van der Waals surface area contributed by atoms with Gasteiger partial charge in [-0.25, -0.2) is 4.98 Å². The molecule has 152 valence electrons. The zero-order valence-electron chi connectivity index (χ0n) is 17.0. The third kappa shape index (κ3) is 5.81. The fourth-order valence-electron chi connectivity index (χ4n) is 3.08. The number of carbonyl (C=O) groups is 1. The molecule has 3 rings (SSSR count). The van der Waals surface area contributed by atoms with Gasteiger partial charge in [0, 0.05) is 17.0 Å². The van der Waals surface area contributed by atoms with Gasteiger partial charge in [0.1, 0.15) is 5.01 Å². The number of carbonyl (C=O) groups excluding carboxylic acids is 1. The lowest BCUT2D eigenvalue weighted by Crippen LogP contribution is -2.34. The minimum absolute atomic E-state index is 0.00489. The van der Waals surface area contributed by atoms with E-state index in [-0.39, 0.29) is 18.4 Å². The minimum Gasteiger partial charge on any atom is -0.493 e. The van der Waals surface area contributed by atoms with Gasteiger partial charge in [-0.1, -0.05) is 30.3 Å². The molecule has 0 saturated carbocycles. The first-order valence-corrected chi connectivity index (χ1v) is 10.5. The number of hydrogen-bond donors (Lipinski definition) is 1. The molecule has 1 aromatic heterocycles. The van der Waals surface area contributed by atoms with Gasteiger partial charge >= 0.3 is 0 Å². The molecule has 2 aromatic carbocycles. The molecule has 0 aliphatic rings. The zero-order chi connectivity index (χ0) is 20.6. The van der Waals surface area contributed by atoms with Crippen molar-refractivity contribution in [1.82, 2.24) is 10.3 Å². The zero-order valence-corrected chi connectivity index (χ0v) is 17.8. The number of aromatic nitrogens is 1. The molecule has 0 fully saturated rings. The number of nitrogens with one attached hydrogen (secondary N) is 1. The quantitative estimate of drug-likeness (QED) is 0.564. The van der Waals surface area contributed by atoms with Gasteiger partial charge in [-0.2, -0.15) is 0 Å². The standard InChI is InChI=1S/C23H26N2O3S/c1-16(9-10-17-7-5-4-6-8-17)24-22(26)14-19-15-29-23(25-19)18-11-12-20(27-2)21(13-18)28-3/h4-8,11-13,15-16H,9-10,14H2,1-3H3,(H,24,26). The van der Waals surface area contributed by atoms with E-state index in [4.69, 9.17) is 9.47 Å². The predicted octanol–water partition coefficient (Wildman–Crippen LogP) is 4.51. The second-order valence-corrected chi connectivity index (χ2v) is 7.74. The van der Waals surface area contributed by atoms with Gasteiger partial charge in [0.2, 0.25) is 5.91 Å². The Balaban J connectivity index is 1.55. The van der Waals surface area contributed by atoms with E-state index in [2.05, 4.69) is 22.4 Å². The molecule has 0 bridgehead atoms. The smallest absolute Gasteiger partial charge is 0.226 e. The highest BCUT2D eigenvalue weighted by Crippen LogP contribution is 2.33. The molecule has 1 amide bonds. The molecule has 1 atom stereocenters. The second-order valence-electron chi connectivity index (χ2n) is 6.88. The van der Waals surface area contributed by atoms with E-state index in [0.717, 1.165) is 29.1 Å². The van der Waals surface area contributed by atoms with Crippen LogP contribution in [0.15, 0.2) is 53.9 Å². The highest BCUT2D eigenvalue weighted by atomic mass is 32.1. The van der Waals surface area contributed by atoms with E-state index in [1.807, 2.05) is 48.7 Å². The number of methoxy groups -OCH3 is 2. The van der Waals surface area contributed by atoms with E-state index >= 15 is 0 Å². The monoisotopic (exact) mass is 410 g/mol. The Morgan fingerprint density at radius 2 is 1.86 bits per heavy atom. The number of nitrogens with zero attached hydrogens (tertiary/aromatic N) is 1. The maximum atomic E-state index is 12.4. The van der Waals surface area contributed by atoms with Gasteiger partial charge in [-0.15, -0.1) is 11.3 Å². The third-order valence-electron chi connectivity index (χ3n) is 4.64. The first-order chi connectivity index (χ1) is 14.1. The molecule has 29 heavy (non-hydrogen) atoms. The molecule has 6 heteroatoms. The van der Waals surface area contributed by atoms with Crippen LogP contribution in [-0.2, 0) is 17.6 Å². The summed E-state index contributed by atoms with van der Waals surface area (Å²) < 4.78 is 10.6. The number of amides is 1. The predicted molar refractivity (Wildman–Crippen MR) is 117 cm³/mol. The van der Waals surface area contributed by atoms with Crippen LogP contribution in [0.4, 0.5) is 0 Å². The lowest BCUT2D eigenvalue weighted by molar-refractivity contribution is -0.121. The Labute approximate surface area is 175 Å². The second kappa shape index (κ2) is 10.1. The van der Waals surface area contributed by atoms with Crippen molar-refractivity contribution in [2.24, 2.45) is 0 Å². The summed E-state index contributed by atoms with van der Waals surface area (Å²) in [4.78, 5) is 17.0. The van der Waals surface area contributed by atoms with Crippen LogP contribution in [-0.4, -0.2) is 31.2 Å². The summed E-state index contributed by atoms with van der Waals surface area (Å²) in [6.45, 7) is 2.04. The highest BCUT2D eigenvalue weighted by Gasteiger charge is 2.13. The molecule has 0 aliphatic heterocycles. The number of hydrogen-bond acceptors (Lipinski definition) is 5. The van der Waals surface area contributed by atoms with Gasteiger partial charge in [0.05, 0.1) is 26.3 Å². The molecule has 0 radical (unpaired) electrons. The van der Waals surface area contributed by atoms with Gasteiger partial charge < -0.3 is 14.8 Å². The molecular formula is C23H26N2O3S. The van der Waals surface area contributed by atoms with Gasteiger partial charge in [0.15, 0.2) is 11.5 Å². The van der Waals surface area contributed by atoms with Crippen LogP contribution in [0.5, 0.6) is 11.5 Å². The van der Waals surface area contributed by atoms with Crippen molar-refractivity contribution in [3.63, 3.8) is 0 Å². The largest absolute Gasteiger partial charge is 0.493 e. The van der Waals surface area contributed by atoms with Crippen molar-refractivity contribution in [3.05, 3.63) is 65.2 Å². The number of thiazole rings is 1. The third-order valence-corrected chi connectivity index (χ3v) is 5.58.